The minimum atomic E-state index is -0.727. The Morgan fingerprint density at radius 1 is 1.03 bits per heavy atom. The van der Waals surface area contributed by atoms with Gasteiger partial charge in [0.2, 0.25) is 11.8 Å². The summed E-state index contributed by atoms with van der Waals surface area (Å²) < 4.78 is 11.5. The van der Waals surface area contributed by atoms with Gasteiger partial charge < -0.3 is 19.3 Å². The van der Waals surface area contributed by atoms with Crippen LogP contribution in [0.2, 0.25) is 0 Å². The first-order valence-electron chi connectivity index (χ1n) is 12.4. The van der Waals surface area contributed by atoms with Crippen molar-refractivity contribution in [3.05, 3.63) is 40.5 Å². The second-order valence-corrected chi connectivity index (χ2v) is 9.61. The van der Waals surface area contributed by atoms with Crippen molar-refractivity contribution in [2.45, 2.75) is 38.0 Å². The number of fused-ring (bicyclic) bond motifs is 1. The Bertz CT molecular complexity index is 1290. The van der Waals surface area contributed by atoms with Crippen LogP contribution in [-0.2, 0) is 27.5 Å². The molecule has 2 saturated heterocycles. The Kier molecular flexibility index (Phi) is 7.51. The van der Waals surface area contributed by atoms with E-state index in [9.17, 15) is 14.4 Å². The number of imide groups is 1. The van der Waals surface area contributed by atoms with Crippen LogP contribution in [-0.4, -0.2) is 99.1 Å². The Morgan fingerprint density at radius 3 is 2.37 bits per heavy atom. The van der Waals surface area contributed by atoms with Crippen molar-refractivity contribution < 1.29 is 23.9 Å². The molecule has 5 rings (SSSR count). The molecule has 2 fully saturated rings. The molecule has 0 aliphatic carbocycles. The van der Waals surface area contributed by atoms with Gasteiger partial charge in [0, 0.05) is 30.6 Å². The van der Waals surface area contributed by atoms with Gasteiger partial charge in [0.05, 0.1) is 27.6 Å². The molecule has 2 atom stereocenters. The van der Waals surface area contributed by atoms with E-state index in [4.69, 9.17) is 48.7 Å². The van der Waals surface area contributed by atoms with Gasteiger partial charge in [-0.05, 0) is 30.1 Å². The van der Waals surface area contributed by atoms with Crippen LogP contribution in [0, 0.1) is 0 Å². The Morgan fingerprint density at radius 2 is 1.71 bits per heavy atom. The monoisotopic (exact) mass is 499 g/mol. The van der Waals surface area contributed by atoms with E-state index in [2.05, 4.69) is 5.32 Å². The number of rotatable bonds is 6. The molecule has 182 valence electrons. The van der Waals surface area contributed by atoms with Gasteiger partial charge in [0.1, 0.15) is 49.8 Å². The molecule has 2 aromatic carbocycles. The smallest absolute Gasteiger partial charge is 0.255 e. The average molecular weight is 499 g/mol. The minimum absolute atomic E-state index is 0.0534. The van der Waals surface area contributed by atoms with Crippen molar-refractivity contribution in [1.29, 1.82) is 0 Å². The van der Waals surface area contributed by atoms with Crippen LogP contribution in [0.15, 0.2) is 18.2 Å². The van der Waals surface area contributed by atoms with E-state index in [1.807, 2.05) is 4.90 Å². The largest absolute Gasteiger partial charge is 0.489 e. The summed E-state index contributed by atoms with van der Waals surface area (Å²) in [6.45, 7) is 2.46. The van der Waals surface area contributed by atoms with Gasteiger partial charge in [-0.15, -0.1) is 0 Å². The molecule has 0 spiro atoms. The number of carbonyl (C=O) groups excluding carboxylic acids is 3. The predicted molar refractivity (Wildman–Crippen MR) is 146 cm³/mol. The van der Waals surface area contributed by atoms with Crippen LogP contribution < -0.4 is 31.9 Å². The van der Waals surface area contributed by atoms with E-state index in [1.165, 1.54) is 4.90 Å². The van der Waals surface area contributed by atoms with Crippen LogP contribution in [0.4, 0.5) is 0 Å². The Hall–Kier alpha value is -2.91. The normalized spacial score (nSPS) is 20.8. The maximum atomic E-state index is 13.1. The van der Waals surface area contributed by atoms with Gasteiger partial charge in [-0.3, -0.25) is 19.7 Å². The molecule has 38 heavy (non-hydrogen) atoms. The fourth-order valence-electron chi connectivity index (χ4n) is 5.26. The van der Waals surface area contributed by atoms with E-state index in [1.54, 1.807) is 18.2 Å². The quantitative estimate of drug-likeness (QED) is 0.332. The molecule has 3 amide bonds. The highest BCUT2D eigenvalue weighted by molar-refractivity contribution is 6.58. The first-order valence-corrected chi connectivity index (χ1v) is 12.4. The zero-order valence-corrected chi connectivity index (χ0v) is 20.9. The van der Waals surface area contributed by atoms with Crippen LogP contribution in [0.25, 0.3) is 0 Å². The number of morpholine rings is 1. The molecule has 8 nitrogen and oxygen atoms in total. The van der Waals surface area contributed by atoms with Gasteiger partial charge in [0.15, 0.2) is 0 Å². The number of hydrogen-bond donors (Lipinski definition) is 1. The molecule has 13 heteroatoms. The van der Waals surface area contributed by atoms with Crippen LogP contribution >= 0.6 is 0 Å². The third-order valence-corrected chi connectivity index (χ3v) is 7.46. The molecule has 3 aliphatic heterocycles. The van der Waals surface area contributed by atoms with Gasteiger partial charge in [-0.2, -0.15) is 0 Å². The molecule has 0 aromatic heterocycles. The second-order valence-electron chi connectivity index (χ2n) is 9.61. The van der Waals surface area contributed by atoms with E-state index >= 15 is 0 Å². The lowest BCUT2D eigenvalue weighted by Crippen LogP contribution is -2.52. The summed E-state index contributed by atoms with van der Waals surface area (Å²) in [4.78, 5) is 40.5. The predicted octanol–water partition coefficient (Wildman–Crippen LogP) is -3.30. The number of nitrogens with one attached hydrogen (secondary N) is 1. The fraction of sp³-hybridized carbons (Fsp3) is 0.400. The molecule has 3 heterocycles. The third kappa shape index (κ3) is 4.71. The average Bonchev–Trinajstić information content (AvgIpc) is 3.25. The summed E-state index contributed by atoms with van der Waals surface area (Å²) in [6.07, 6.45) is 0.442. The second kappa shape index (κ2) is 10.7. The maximum absolute atomic E-state index is 13.1. The first-order chi connectivity index (χ1) is 18.2. The SMILES string of the molecule is [B]c1c([B])c(C([B])N2CCOCC2)c([B])c([B])c1COc1cccc2c1CN(C1CCC(=O)NC1=O)C2=O. The van der Waals surface area contributed by atoms with E-state index in [0.717, 1.165) is 0 Å². The number of piperidine rings is 1. The zero-order valence-electron chi connectivity index (χ0n) is 20.9. The molecule has 2 aromatic rings. The molecule has 2 unspecified atom stereocenters. The molecule has 0 bridgehead atoms. The lowest BCUT2D eigenvalue weighted by atomic mass is 9.61. The molecule has 1 N–H and O–H groups in total. The van der Waals surface area contributed by atoms with E-state index < -0.39 is 17.9 Å². The van der Waals surface area contributed by atoms with E-state index in [-0.39, 0.29) is 59.7 Å². The highest BCUT2D eigenvalue weighted by atomic mass is 16.5. The van der Waals surface area contributed by atoms with Crippen molar-refractivity contribution in [2.24, 2.45) is 0 Å². The summed E-state index contributed by atoms with van der Waals surface area (Å²) in [5, 5.41) is 2.30. The fourth-order valence-corrected chi connectivity index (χ4v) is 5.26. The standard InChI is InChI=1S/C25H22B5N3O5/c26-19-14(20(27)22(29)18(21(19)28)23(30)32-6-8-37-9-7-32)11-38-16-3-1-2-12-13(16)10-33(25(12)36)15-4-5-17(34)31-24(15)35/h1-3,15,23H,4-11H2,(H,31,34,35). The maximum Gasteiger partial charge on any atom is 0.255 e. The Balaban J connectivity index is 1.37. The first kappa shape index (κ1) is 26.7. The molecule has 10 radical (unpaired) electrons. The molecular formula is C25H22B5N3O5. The number of ether oxygens (including phenoxy) is 2. The summed E-state index contributed by atoms with van der Waals surface area (Å²) >= 11 is 0. The molecule has 0 saturated carbocycles. The summed E-state index contributed by atoms with van der Waals surface area (Å²) in [7, 11) is 32.0. The van der Waals surface area contributed by atoms with Crippen molar-refractivity contribution in [2.75, 3.05) is 26.3 Å². The zero-order chi connectivity index (χ0) is 27.1. The van der Waals surface area contributed by atoms with Gasteiger partial charge in [0.25, 0.3) is 5.91 Å². The highest BCUT2D eigenvalue weighted by Crippen LogP contribution is 2.33. The molecular weight excluding hydrogens is 476 g/mol. The lowest BCUT2D eigenvalue weighted by Gasteiger charge is -2.36. The lowest BCUT2D eigenvalue weighted by molar-refractivity contribution is -0.136. The number of benzene rings is 2. The number of carbonyl (C=O) groups is 3. The third-order valence-electron chi connectivity index (χ3n) is 7.46. The molecule has 3 aliphatic rings. The van der Waals surface area contributed by atoms with Gasteiger partial charge >= 0.3 is 0 Å². The summed E-state index contributed by atoms with van der Waals surface area (Å²) in [5.41, 5.74) is 2.89. The van der Waals surface area contributed by atoms with Crippen molar-refractivity contribution >= 4 is 78.8 Å². The van der Waals surface area contributed by atoms with Crippen molar-refractivity contribution in [3.8, 4) is 5.75 Å². The summed E-state index contributed by atoms with van der Waals surface area (Å²) in [5.74, 6) is -1.28. The van der Waals surface area contributed by atoms with Crippen LogP contribution in [0.5, 0.6) is 5.75 Å². The number of amides is 3. The van der Waals surface area contributed by atoms with Crippen LogP contribution in [0.1, 0.15) is 45.8 Å². The Labute approximate surface area is 228 Å². The highest BCUT2D eigenvalue weighted by Gasteiger charge is 2.40. The number of hydrogen-bond acceptors (Lipinski definition) is 6. The number of nitrogens with zero attached hydrogens (tertiary/aromatic N) is 2. The minimum Gasteiger partial charge on any atom is -0.489 e. The topological polar surface area (TPSA) is 88.2 Å². The summed E-state index contributed by atoms with van der Waals surface area (Å²) in [6, 6.07) is 4.37. The van der Waals surface area contributed by atoms with E-state index in [0.29, 0.717) is 54.3 Å². The van der Waals surface area contributed by atoms with Crippen molar-refractivity contribution in [3.63, 3.8) is 0 Å². The van der Waals surface area contributed by atoms with Crippen molar-refractivity contribution in [1.82, 2.24) is 15.1 Å². The van der Waals surface area contributed by atoms with Gasteiger partial charge in [-0.25, -0.2) is 0 Å². The van der Waals surface area contributed by atoms with Crippen LogP contribution in [0.3, 0.4) is 0 Å². The van der Waals surface area contributed by atoms with Gasteiger partial charge in [-0.1, -0.05) is 33.5 Å².